The molecule has 0 bridgehead atoms. The lowest BCUT2D eigenvalue weighted by atomic mass is 10.1. The molecule has 0 unspecified atom stereocenters. The van der Waals surface area contributed by atoms with Crippen molar-refractivity contribution in [2.45, 2.75) is 19.4 Å². The molecule has 2 aliphatic heterocycles. The molecule has 0 aliphatic carbocycles. The molecule has 6 heteroatoms. The first-order valence-electron chi connectivity index (χ1n) is 9.92. The molecule has 4 heterocycles. The van der Waals surface area contributed by atoms with Gasteiger partial charge < -0.3 is 14.0 Å². The number of hydrogen-bond acceptors (Lipinski definition) is 4. The van der Waals surface area contributed by atoms with E-state index in [0.717, 1.165) is 68.4 Å². The Kier molecular flexibility index (Phi) is 4.49. The second kappa shape index (κ2) is 7.28. The van der Waals surface area contributed by atoms with Gasteiger partial charge in [0.1, 0.15) is 11.4 Å². The standard InChI is InChI=1S/C22H24N4O2/c27-22(14-17-4-5-20-18(13-17)6-12-28-20)25-10-8-24(9-11-25)15-19-16-26-7-2-1-3-21(26)23-19/h1-5,7,13,16H,6,8-12,14-15H2. The van der Waals surface area contributed by atoms with Crippen molar-refractivity contribution in [1.82, 2.24) is 19.2 Å². The van der Waals surface area contributed by atoms with Gasteiger partial charge in [-0.3, -0.25) is 9.69 Å². The summed E-state index contributed by atoms with van der Waals surface area (Å²) in [7, 11) is 0. The summed E-state index contributed by atoms with van der Waals surface area (Å²) in [5.74, 6) is 1.18. The molecule has 1 saturated heterocycles. The topological polar surface area (TPSA) is 50.1 Å². The summed E-state index contributed by atoms with van der Waals surface area (Å²) in [6.45, 7) is 4.91. The third kappa shape index (κ3) is 3.47. The third-order valence-electron chi connectivity index (χ3n) is 5.63. The number of ether oxygens (including phenoxy) is 1. The van der Waals surface area contributed by atoms with E-state index in [1.807, 2.05) is 41.4 Å². The van der Waals surface area contributed by atoms with E-state index in [1.165, 1.54) is 5.56 Å². The van der Waals surface area contributed by atoms with Crippen molar-refractivity contribution >= 4 is 11.6 Å². The number of piperazine rings is 1. The largest absolute Gasteiger partial charge is 0.493 e. The number of carbonyl (C=O) groups excluding carboxylic acids is 1. The summed E-state index contributed by atoms with van der Waals surface area (Å²) < 4.78 is 7.60. The van der Waals surface area contributed by atoms with Crippen LogP contribution < -0.4 is 4.74 Å². The van der Waals surface area contributed by atoms with E-state index in [0.29, 0.717) is 6.42 Å². The highest BCUT2D eigenvalue weighted by molar-refractivity contribution is 5.79. The predicted molar refractivity (Wildman–Crippen MR) is 106 cm³/mol. The molecule has 1 aromatic carbocycles. The molecule has 144 valence electrons. The maximum absolute atomic E-state index is 12.7. The van der Waals surface area contributed by atoms with Gasteiger partial charge in [0.05, 0.1) is 18.7 Å². The number of aromatic nitrogens is 2. The highest BCUT2D eigenvalue weighted by Gasteiger charge is 2.22. The Morgan fingerprint density at radius 2 is 2.00 bits per heavy atom. The quantitative estimate of drug-likeness (QED) is 0.700. The zero-order valence-corrected chi connectivity index (χ0v) is 15.9. The van der Waals surface area contributed by atoms with Crippen molar-refractivity contribution in [1.29, 1.82) is 0 Å². The van der Waals surface area contributed by atoms with Crippen LogP contribution in [0, 0.1) is 0 Å². The molecule has 2 aliphatic rings. The van der Waals surface area contributed by atoms with E-state index >= 15 is 0 Å². The number of pyridine rings is 1. The van der Waals surface area contributed by atoms with Crippen LogP contribution in [0.25, 0.3) is 5.65 Å². The van der Waals surface area contributed by atoms with Crippen molar-refractivity contribution in [2.75, 3.05) is 32.8 Å². The number of amides is 1. The minimum Gasteiger partial charge on any atom is -0.493 e. The van der Waals surface area contributed by atoms with E-state index in [-0.39, 0.29) is 5.91 Å². The fourth-order valence-electron chi connectivity index (χ4n) is 4.08. The van der Waals surface area contributed by atoms with E-state index in [9.17, 15) is 4.79 Å². The molecule has 5 rings (SSSR count). The van der Waals surface area contributed by atoms with Gasteiger partial charge in [-0.1, -0.05) is 18.2 Å². The first-order chi connectivity index (χ1) is 13.7. The first-order valence-corrected chi connectivity index (χ1v) is 9.92. The number of hydrogen-bond donors (Lipinski definition) is 0. The number of nitrogens with zero attached hydrogens (tertiary/aromatic N) is 4. The van der Waals surface area contributed by atoms with E-state index in [4.69, 9.17) is 4.74 Å². The Morgan fingerprint density at radius 1 is 1.11 bits per heavy atom. The second-order valence-electron chi connectivity index (χ2n) is 7.57. The minimum absolute atomic E-state index is 0.214. The van der Waals surface area contributed by atoms with Crippen LogP contribution in [0.3, 0.4) is 0 Å². The normalized spacial score (nSPS) is 16.9. The lowest BCUT2D eigenvalue weighted by Crippen LogP contribution is -2.48. The van der Waals surface area contributed by atoms with Crippen molar-refractivity contribution in [2.24, 2.45) is 0 Å². The fraction of sp³-hybridized carbons (Fsp3) is 0.364. The van der Waals surface area contributed by atoms with Gasteiger partial charge in [-0.05, 0) is 29.3 Å². The molecule has 6 nitrogen and oxygen atoms in total. The smallest absolute Gasteiger partial charge is 0.227 e. The zero-order chi connectivity index (χ0) is 18.9. The van der Waals surface area contributed by atoms with Crippen LogP contribution in [0.1, 0.15) is 16.8 Å². The number of imidazole rings is 1. The van der Waals surface area contributed by atoms with Gasteiger partial charge in [-0.25, -0.2) is 4.98 Å². The summed E-state index contributed by atoms with van der Waals surface area (Å²) in [6, 6.07) is 12.2. The second-order valence-corrected chi connectivity index (χ2v) is 7.57. The number of rotatable bonds is 4. The average molecular weight is 376 g/mol. The van der Waals surface area contributed by atoms with Crippen LogP contribution in [0.4, 0.5) is 0 Å². The molecule has 0 spiro atoms. The van der Waals surface area contributed by atoms with Gasteiger partial charge in [-0.2, -0.15) is 0 Å². The Morgan fingerprint density at radius 3 is 2.86 bits per heavy atom. The Labute approximate surface area is 164 Å². The summed E-state index contributed by atoms with van der Waals surface area (Å²) in [5.41, 5.74) is 4.36. The number of fused-ring (bicyclic) bond motifs is 2. The van der Waals surface area contributed by atoms with Gasteiger partial charge >= 0.3 is 0 Å². The van der Waals surface area contributed by atoms with Crippen molar-refractivity contribution in [3.8, 4) is 5.75 Å². The van der Waals surface area contributed by atoms with Crippen LogP contribution in [0.5, 0.6) is 5.75 Å². The molecule has 0 saturated carbocycles. The molecule has 1 amide bonds. The van der Waals surface area contributed by atoms with Gasteiger partial charge in [0, 0.05) is 51.5 Å². The van der Waals surface area contributed by atoms with E-state index in [2.05, 4.69) is 26.5 Å². The first kappa shape index (κ1) is 17.3. The van der Waals surface area contributed by atoms with Crippen molar-refractivity contribution in [3.05, 3.63) is 65.6 Å². The molecular weight excluding hydrogens is 352 g/mol. The maximum Gasteiger partial charge on any atom is 0.227 e. The highest BCUT2D eigenvalue weighted by Crippen LogP contribution is 2.26. The zero-order valence-electron chi connectivity index (χ0n) is 15.9. The summed E-state index contributed by atoms with van der Waals surface area (Å²) in [6.07, 6.45) is 5.52. The lowest BCUT2D eigenvalue weighted by molar-refractivity contribution is -0.132. The van der Waals surface area contributed by atoms with Gasteiger partial charge in [0.15, 0.2) is 0 Å². The highest BCUT2D eigenvalue weighted by atomic mass is 16.5. The van der Waals surface area contributed by atoms with Crippen LogP contribution in [-0.4, -0.2) is 57.9 Å². The molecule has 0 N–H and O–H groups in total. The molecule has 0 radical (unpaired) electrons. The monoisotopic (exact) mass is 376 g/mol. The lowest BCUT2D eigenvalue weighted by Gasteiger charge is -2.34. The van der Waals surface area contributed by atoms with E-state index < -0.39 is 0 Å². The predicted octanol–water partition coefficient (Wildman–Crippen LogP) is 2.16. The molecule has 0 atom stereocenters. The van der Waals surface area contributed by atoms with E-state index in [1.54, 1.807) is 0 Å². The summed E-state index contributed by atoms with van der Waals surface area (Å²) in [5, 5.41) is 0. The third-order valence-corrected chi connectivity index (χ3v) is 5.63. The molecular formula is C22H24N4O2. The van der Waals surface area contributed by atoms with Crippen LogP contribution in [-0.2, 0) is 24.2 Å². The van der Waals surface area contributed by atoms with Crippen molar-refractivity contribution in [3.63, 3.8) is 0 Å². The van der Waals surface area contributed by atoms with Gasteiger partial charge in [0.25, 0.3) is 0 Å². The Balaban J connectivity index is 1.16. The fourth-order valence-corrected chi connectivity index (χ4v) is 4.08. The summed E-state index contributed by atoms with van der Waals surface area (Å²) >= 11 is 0. The molecule has 28 heavy (non-hydrogen) atoms. The average Bonchev–Trinajstić information content (AvgIpc) is 3.34. The van der Waals surface area contributed by atoms with Crippen LogP contribution in [0.15, 0.2) is 48.8 Å². The van der Waals surface area contributed by atoms with Crippen LogP contribution in [0.2, 0.25) is 0 Å². The van der Waals surface area contributed by atoms with Crippen LogP contribution >= 0.6 is 0 Å². The van der Waals surface area contributed by atoms with Gasteiger partial charge in [-0.15, -0.1) is 0 Å². The number of carbonyl (C=O) groups is 1. The molecule has 1 fully saturated rings. The Hall–Kier alpha value is -2.86. The maximum atomic E-state index is 12.7. The Bertz CT molecular complexity index is 972. The molecule has 2 aromatic heterocycles. The van der Waals surface area contributed by atoms with Crippen molar-refractivity contribution < 1.29 is 9.53 Å². The summed E-state index contributed by atoms with van der Waals surface area (Å²) in [4.78, 5) is 21.7. The van der Waals surface area contributed by atoms with Gasteiger partial charge in [0.2, 0.25) is 5.91 Å². The SMILES string of the molecule is O=C(Cc1ccc2c(c1)CCO2)N1CCN(Cc2cn3ccccc3n2)CC1. The number of benzene rings is 1. The molecule has 3 aromatic rings. The minimum atomic E-state index is 0.214.